The van der Waals surface area contributed by atoms with E-state index in [1.807, 2.05) is 0 Å². The van der Waals surface area contributed by atoms with E-state index < -0.39 is 28.5 Å². The summed E-state index contributed by atoms with van der Waals surface area (Å²) in [6.45, 7) is 1.18. The first kappa shape index (κ1) is 15.7. The van der Waals surface area contributed by atoms with Crippen LogP contribution in [0.5, 0.6) is 0 Å². The van der Waals surface area contributed by atoms with Gasteiger partial charge >= 0.3 is 16.4 Å². The van der Waals surface area contributed by atoms with Gasteiger partial charge in [-0.2, -0.15) is 13.5 Å². The third-order valence-electron chi connectivity index (χ3n) is 4.60. The van der Waals surface area contributed by atoms with E-state index in [1.165, 1.54) is 4.90 Å². The molecule has 2 bridgehead atoms. The van der Waals surface area contributed by atoms with Crippen molar-refractivity contribution in [2.75, 3.05) is 13.1 Å². The van der Waals surface area contributed by atoms with Crippen molar-refractivity contribution in [1.29, 1.82) is 0 Å². The molecule has 0 saturated carbocycles. The van der Waals surface area contributed by atoms with Gasteiger partial charge in [0.25, 0.3) is 0 Å². The zero-order chi connectivity index (χ0) is 16.9. The summed E-state index contributed by atoms with van der Waals surface area (Å²) in [6, 6.07) is -1.46. The van der Waals surface area contributed by atoms with Crippen molar-refractivity contribution in [3.63, 3.8) is 0 Å². The van der Waals surface area contributed by atoms with Crippen LogP contribution in [-0.4, -0.2) is 58.3 Å². The van der Waals surface area contributed by atoms with Gasteiger partial charge in [0.05, 0.1) is 12.1 Å². The number of nitrogens with one attached hydrogen (secondary N) is 1. The van der Waals surface area contributed by atoms with Crippen LogP contribution in [0, 0.1) is 0 Å². The molecule has 1 unspecified atom stereocenters. The van der Waals surface area contributed by atoms with Crippen molar-refractivity contribution < 1.29 is 26.5 Å². The Morgan fingerprint density at radius 1 is 1.25 bits per heavy atom. The predicted octanol–water partition coefficient (Wildman–Crippen LogP) is 0.170. The maximum absolute atomic E-state index is 12.4. The van der Waals surface area contributed by atoms with Gasteiger partial charge in [-0.15, -0.1) is 14.5 Å². The number of aromatic nitrogens is 2. The molecule has 3 aliphatic heterocycles. The highest BCUT2D eigenvalue weighted by molar-refractivity contribution is 7.80. The van der Waals surface area contributed by atoms with Gasteiger partial charge in [0.15, 0.2) is 0 Å². The second-order valence-corrected chi connectivity index (χ2v) is 7.14. The maximum atomic E-state index is 12.4. The van der Waals surface area contributed by atoms with Crippen LogP contribution in [0.4, 0.5) is 4.79 Å². The number of hydrogen-bond acceptors (Lipinski definition) is 8. The minimum absolute atomic E-state index is 0.0382. The smallest absolute Gasteiger partial charge is 0.418 e. The lowest BCUT2D eigenvalue weighted by Gasteiger charge is -2.27. The Bertz CT molecular complexity index is 745. The fraction of sp³-hybridized carbons (Fsp3) is 0.750. The summed E-state index contributed by atoms with van der Waals surface area (Å²) < 4.78 is 40.7. The van der Waals surface area contributed by atoms with Crippen LogP contribution in [0.1, 0.15) is 49.5 Å². The van der Waals surface area contributed by atoms with E-state index in [2.05, 4.69) is 19.8 Å². The van der Waals surface area contributed by atoms with E-state index in [-0.39, 0.29) is 12.6 Å². The topological polar surface area (TPSA) is 138 Å². The van der Waals surface area contributed by atoms with E-state index >= 15 is 0 Å². The summed E-state index contributed by atoms with van der Waals surface area (Å²) >= 11 is 0. The summed E-state index contributed by atoms with van der Waals surface area (Å²) in [4.78, 5) is 13.8. The zero-order valence-corrected chi connectivity index (χ0v) is 13.5. The first-order chi connectivity index (χ1) is 11.4. The fourth-order valence-electron chi connectivity index (χ4n) is 3.51. The molecule has 4 rings (SSSR count). The van der Waals surface area contributed by atoms with Crippen molar-refractivity contribution in [3.8, 4) is 0 Å². The summed E-state index contributed by atoms with van der Waals surface area (Å²) in [6.07, 6.45) is 3.01. The van der Waals surface area contributed by atoms with Gasteiger partial charge in [-0.1, -0.05) is 0 Å². The number of amides is 2. The first-order valence-electron chi connectivity index (χ1n) is 7.76. The molecule has 132 valence electrons. The number of urea groups is 1. The van der Waals surface area contributed by atoms with Crippen molar-refractivity contribution >= 4 is 16.4 Å². The molecule has 2 amide bonds. The Morgan fingerprint density at radius 2 is 2.04 bits per heavy atom. The number of hydrogen-bond donors (Lipinski definition) is 2. The van der Waals surface area contributed by atoms with Crippen molar-refractivity contribution in [3.05, 3.63) is 11.8 Å². The minimum Gasteiger partial charge on any atom is -0.421 e. The molecule has 12 heteroatoms. The standard InChI is InChI=1S/C12H17N5O6S/c18-12-16-6-7(17(12)23-24(19,20)21)3-4-9(16)11-15-14-10(22-11)8-2-1-5-13-8/h7-9,13H,1-6H2,(H,19,20,21)/t7-,8+,9?/m1/s1. The van der Waals surface area contributed by atoms with Crippen LogP contribution in [0.25, 0.3) is 0 Å². The van der Waals surface area contributed by atoms with Gasteiger partial charge in [0.2, 0.25) is 11.8 Å². The van der Waals surface area contributed by atoms with Gasteiger partial charge in [0, 0.05) is 6.54 Å². The summed E-state index contributed by atoms with van der Waals surface area (Å²) in [5.41, 5.74) is 0. The maximum Gasteiger partial charge on any atom is 0.418 e. The lowest BCUT2D eigenvalue weighted by Crippen LogP contribution is -2.35. The van der Waals surface area contributed by atoms with E-state index in [4.69, 9.17) is 8.97 Å². The van der Waals surface area contributed by atoms with E-state index in [9.17, 15) is 13.2 Å². The molecule has 0 radical (unpaired) electrons. The average molecular weight is 359 g/mol. The average Bonchev–Trinajstić information content (AvgIpc) is 3.24. The van der Waals surface area contributed by atoms with Crippen molar-refractivity contribution in [1.82, 2.24) is 25.5 Å². The Morgan fingerprint density at radius 3 is 2.75 bits per heavy atom. The molecule has 2 N–H and O–H groups in total. The number of rotatable bonds is 4. The lowest BCUT2D eigenvalue weighted by molar-refractivity contribution is -0.0317. The van der Waals surface area contributed by atoms with Gasteiger partial charge in [-0.05, 0) is 32.2 Å². The lowest BCUT2D eigenvalue weighted by atomic mass is 10.0. The van der Waals surface area contributed by atoms with E-state index in [0.29, 0.717) is 29.7 Å². The number of hydroxylamine groups is 2. The second-order valence-electron chi connectivity index (χ2n) is 6.14. The van der Waals surface area contributed by atoms with Crippen LogP contribution in [0.3, 0.4) is 0 Å². The van der Waals surface area contributed by atoms with Gasteiger partial charge in [-0.25, -0.2) is 4.79 Å². The molecule has 24 heavy (non-hydrogen) atoms. The number of carbonyl (C=O) groups is 1. The normalized spacial score (nSPS) is 30.4. The molecule has 0 aliphatic carbocycles. The molecular formula is C12H17N5O6S. The largest absolute Gasteiger partial charge is 0.421 e. The molecule has 0 spiro atoms. The molecule has 1 aromatic rings. The molecule has 0 aromatic carbocycles. The SMILES string of the molecule is O=C1N2C[C@@H](CCC2c2nnc([C@@H]3CCCN3)o2)N1OS(=O)(=O)O. The Kier molecular flexibility index (Phi) is 3.71. The van der Waals surface area contributed by atoms with E-state index in [0.717, 1.165) is 19.4 Å². The van der Waals surface area contributed by atoms with Crippen LogP contribution in [0.2, 0.25) is 0 Å². The Balaban J connectivity index is 1.53. The Hall–Kier alpha value is -1.76. The molecule has 11 nitrogen and oxygen atoms in total. The first-order valence-corrected chi connectivity index (χ1v) is 9.12. The fourth-order valence-corrected chi connectivity index (χ4v) is 3.89. The zero-order valence-electron chi connectivity index (χ0n) is 12.7. The highest BCUT2D eigenvalue weighted by atomic mass is 32.3. The highest BCUT2D eigenvalue weighted by Gasteiger charge is 2.49. The highest BCUT2D eigenvalue weighted by Crippen LogP contribution is 2.38. The summed E-state index contributed by atoms with van der Waals surface area (Å²) in [5, 5.41) is 12.1. The molecule has 4 heterocycles. The summed E-state index contributed by atoms with van der Waals surface area (Å²) in [5.74, 6) is 0.835. The molecular weight excluding hydrogens is 342 g/mol. The monoisotopic (exact) mass is 359 g/mol. The molecule has 3 atom stereocenters. The number of piperidine rings is 1. The molecule has 3 saturated heterocycles. The van der Waals surface area contributed by atoms with Gasteiger partial charge in [-0.3, -0.25) is 4.55 Å². The number of carbonyl (C=O) groups excluding carboxylic acids is 1. The van der Waals surface area contributed by atoms with Crippen LogP contribution < -0.4 is 5.32 Å². The molecule has 3 fully saturated rings. The molecule has 1 aromatic heterocycles. The number of nitrogens with zero attached hydrogens (tertiary/aromatic N) is 4. The van der Waals surface area contributed by atoms with Crippen LogP contribution in [-0.2, 0) is 14.7 Å². The van der Waals surface area contributed by atoms with Crippen LogP contribution >= 0.6 is 0 Å². The van der Waals surface area contributed by atoms with Crippen molar-refractivity contribution in [2.24, 2.45) is 0 Å². The third kappa shape index (κ3) is 2.75. The Labute approximate surface area is 137 Å². The van der Waals surface area contributed by atoms with Crippen LogP contribution in [0.15, 0.2) is 4.42 Å². The summed E-state index contributed by atoms with van der Waals surface area (Å²) in [7, 11) is -4.75. The second kappa shape index (κ2) is 5.65. The van der Waals surface area contributed by atoms with E-state index in [1.54, 1.807) is 0 Å². The van der Waals surface area contributed by atoms with Gasteiger partial charge < -0.3 is 14.6 Å². The minimum atomic E-state index is -4.75. The molecule has 3 aliphatic rings. The number of fused-ring (bicyclic) bond motifs is 2. The predicted molar refractivity (Wildman–Crippen MR) is 76.6 cm³/mol. The quantitative estimate of drug-likeness (QED) is 0.720. The van der Waals surface area contributed by atoms with Gasteiger partial charge in [0.1, 0.15) is 6.04 Å². The van der Waals surface area contributed by atoms with Crippen molar-refractivity contribution in [2.45, 2.75) is 43.8 Å². The third-order valence-corrected chi connectivity index (χ3v) is 4.95.